The van der Waals surface area contributed by atoms with E-state index in [-0.39, 0.29) is 12.5 Å². The number of benzene rings is 1. The molecule has 24 heavy (non-hydrogen) atoms. The van der Waals surface area contributed by atoms with Crippen LogP contribution >= 0.6 is 11.6 Å². The highest BCUT2D eigenvalue weighted by Gasteiger charge is 2.29. The molecule has 1 aromatic carbocycles. The van der Waals surface area contributed by atoms with Gasteiger partial charge in [-0.2, -0.15) is 0 Å². The molecule has 5 nitrogen and oxygen atoms in total. The fourth-order valence-corrected chi connectivity index (χ4v) is 2.75. The lowest BCUT2D eigenvalue weighted by molar-refractivity contribution is -0.122. The highest BCUT2D eigenvalue weighted by molar-refractivity contribution is 6.30. The summed E-state index contributed by atoms with van der Waals surface area (Å²) in [6.45, 7) is 1.28. The van der Waals surface area contributed by atoms with Gasteiger partial charge < -0.3 is 14.8 Å². The average Bonchev–Trinajstić information content (AvgIpc) is 3.32. The molecule has 2 N–H and O–H groups in total. The molecule has 0 saturated heterocycles. The standard InChI is InChI=1S/C18H21ClN2O3/c19-14-3-1-13(2-4-14)17-8-7-16(24-17)11-20-18(23)12-21(9-10-22)15-5-6-15/h1-4,7-8,15,22H,5-6,9-12H2,(H,20,23). The second kappa shape index (κ2) is 7.83. The summed E-state index contributed by atoms with van der Waals surface area (Å²) in [5.41, 5.74) is 0.944. The number of hydrogen-bond donors (Lipinski definition) is 2. The van der Waals surface area contributed by atoms with Crippen molar-refractivity contribution in [3.8, 4) is 11.3 Å². The summed E-state index contributed by atoms with van der Waals surface area (Å²) in [6.07, 6.45) is 2.21. The molecule has 0 radical (unpaired) electrons. The number of carbonyl (C=O) groups is 1. The van der Waals surface area contributed by atoms with E-state index in [9.17, 15) is 4.79 Å². The molecule has 1 aliphatic rings. The van der Waals surface area contributed by atoms with Crippen LogP contribution in [0, 0.1) is 0 Å². The van der Waals surface area contributed by atoms with Crippen molar-refractivity contribution in [2.45, 2.75) is 25.4 Å². The van der Waals surface area contributed by atoms with Crippen molar-refractivity contribution >= 4 is 17.5 Å². The smallest absolute Gasteiger partial charge is 0.234 e. The van der Waals surface area contributed by atoms with Crippen molar-refractivity contribution in [3.63, 3.8) is 0 Å². The van der Waals surface area contributed by atoms with Gasteiger partial charge in [0.15, 0.2) is 0 Å². The molecule has 0 unspecified atom stereocenters. The Balaban J connectivity index is 1.51. The number of nitrogens with zero attached hydrogens (tertiary/aromatic N) is 1. The molecule has 1 amide bonds. The van der Waals surface area contributed by atoms with Crippen LogP contribution in [0.5, 0.6) is 0 Å². The van der Waals surface area contributed by atoms with E-state index in [4.69, 9.17) is 21.1 Å². The Labute approximate surface area is 146 Å². The van der Waals surface area contributed by atoms with Gasteiger partial charge in [0.1, 0.15) is 11.5 Å². The first-order valence-electron chi connectivity index (χ1n) is 8.12. The normalized spacial score (nSPS) is 14.1. The SMILES string of the molecule is O=C(CN(CCO)C1CC1)NCc1ccc(-c2ccc(Cl)cc2)o1. The van der Waals surface area contributed by atoms with Crippen LogP contribution in [0.1, 0.15) is 18.6 Å². The molecule has 2 aromatic rings. The molecule has 1 aromatic heterocycles. The monoisotopic (exact) mass is 348 g/mol. The van der Waals surface area contributed by atoms with E-state index in [0.717, 1.165) is 24.2 Å². The number of amides is 1. The maximum atomic E-state index is 12.1. The predicted octanol–water partition coefficient (Wildman–Crippen LogP) is 2.67. The van der Waals surface area contributed by atoms with E-state index in [1.165, 1.54) is 0 Å². The zero-order valence-corrected chi connectivity index (χ0v) is 14.1. The van der Waals surface area contributed by atoms with Crippen LogP contribution < -0.4 is 5.32 Å². The van der Waals surface area contributed by atoms with Gasteiger partial charge >= 0.3 is 0 Å². The minimum Gasteiger partial charge on any atom is -0.459 e. The lowest BCUT2D eigenvalue weighted by Gasteiger charge is -2.19. The number of furan rings is 1. The Morgan fingerprint density at radius 3 is 2.67 bits per heavy atom. The average molecular weight is 349 g/mol. The largest absolute Gasteiger partial charge is 0.459 e. The highest BCUT2D eigenvalue weighted by Crippen LogP contribution is 2.26. The van der Waals surface area contributed by atoms with Crippen LogP contribution in [-0.2, 0) is 11.3 Å². The van der Waals surface area contributed by atoms with E-state index < -0.39 is 0 Å². The third-order valence-corrected chi connectivity index (χ3v) is 4.30. The van der Waals surface area contributed by atoms with Gasteiger partial charge in [-0.3, -0.25) is 9.69 Å². The first-order valence-corrected chi connectivity index (χ1v) is 8.50. The molecule has 6 heteroatoms. The summed E-state index contributed by atoms with van der Waals surface area (Å²) in [6, 6.07) is 11.6. The fourth-order valence-electron chi connectivity index (χ4n) is 2.63. The van der Waals surface area contributed by atoms with Gasteiger partial charge in [0.05, 0.1) is 19.7 Å². The summed E-state index contributed by atoms with van der Waals surface area (Å²) < 4.78 is 5.76. The summed E-state index contributed by atoms with van der Waals surface area (Å²) in [5.74, 6) is 1.39. The van der Waals surface area contributed by atoms with Crippen molar-refractivity contribution in [3.05, 3.63) is 47.2 Å². The van der Waals surface area contributed by atoms with Gasteiger partial charge in [-0.15, -0.1) is 0 Å². The Morgan fingerprint density at radius 2 is 2.00 bits per heavy atom. The van der Waals surface area contributed by atoms with Crippen LogP contribution in [0.3, 0.4) is 0 Å². The first kappa shape index (κ1) is 17.0. The lowest BCUT2D eigenvalue weighted by Crippen LogP contribution is -2.39. The van der Waals surface area contributed by atoms with Gasteiger partial charge in [0.2, 0.25) is 5.91 Å². The van der Waals surface area contributed by atoms with Crippen molar-refractivity contribution in [1.82, 2.24) is 10.2 Å². The molecule has 128 valence electrons. The number of aliphatic hydroxyl groups excluding tert-OH is 1. The number of rotatable bonds is 8. The van der Waals surface area contributed by atoms with Crippen LogP contribution in [0.15, 0.2) is 40.8 Å². The van der Waals surface area contributed by atoms with Crippen LogP contribution in [0.25, 0.3) is 11.3 Å². The zero-order chi connectivity index (χ0) is 16.9. The van der Waals surface area contributed by atoms with Crippen LogP contribution in [0.2, 0.25) is 5.02 Å². The summed E-state index contributed by atoms with van der Waals surface area (Å²) in [7, 11) is 0. The van der Waals surface area contributed by atoms with E-state index in [1.807, 2.05) is 41.3 Å². The molecule has 3 rings (SSSR count). The fraction of sp³-hybridized carbons (Fsp3) is 0.389. The summed E-state index contributed by atoms with van der Waals surface area (Å²) in [4.78, 5) is 14.1. The number of aliphatic hydroxyl groups is 1. The highest BCUT2D eigenvalue weighted by atomic mass is 35.5. The number of hydrogen-bond acceptors (Lipinski definition) is 4. The Bertz CT molecular complexity index is 680. The quantitative estimate of drug-likeness (QED) is 0.769. The molecule has 0 aliphatic heterocycles. The number of carbonyl (C=O) groups excluding carboxylic acids is 1. The molecule has 1 fully saturated rings. The third kappa shape index (κ3) is 4.60. The van der Waals surface area contributed by atoms with Crippen LogP contribution in [-0.4, -0.2) is 41.7 Å². The summed E-state index contributed by atoms with van der Waals surface area (Å²) in [5, 5.41) is 12.6. The third-order valence-electron chi connectivity index (χ3n) is 4.05. The molecule has 0 bridgehead atoms. The van der Waals surface area contributed by atoms with Crippen molar-refractivity contribution in [2.24, 2.45) is 0 Å². The summed E-state index contributed by atoms with van der Waals surface area (Å²) >= 11 is 5.88. The molecule has 0 atom stereocenters. The van der Waals surface area contributed by atoms with Gasteiger partial charge in [0.25, 0.3) is 0 Å². The molecule has 1 heterocycles. The predicted molar refractivity (Wildman–Crippen MR) is 92.7 cm³/mol. The second-order valence-corrected chi connectivity index (χ2v) is 6.41. The van der Waals surface area contributed by atoms with Gasteiger partial charge in [-0.1, -0.05) is 11.6 Å². The van der Waals surface area contributed by atoms with E-state index in [2.05, 4.69) is 5.32 Å². The van der Waals surface area contributed by atoms with Gasteiger partial charge in [-0.25, -0.2) is 0 Å². The maximum Gasteiger partial charge on any atom is 0.234 e. The molecule has 1 aliphatic carbocycles. The van der Waals surface area contributed by atoms with Gasteiger partial charge in [0, 0.05) is 23.2 Å². The Kier molecular flexibility index (Phi) is 5.56. The molecule has 0 spiro atoms. The molecular formula is C18H21ClN2O3. The molecular weight excluding hydrogens is 328 g/mol. The van der Waals surface area contributed by atoms with E-state index >= 15 is 0 Å². The minimum absolute atomic E-state index is 0.0557. The Hall–Kier alpha value is -1.82. The zero-order valence-electron chi connectivity index (χ0n) is 13.4. The van der Waals surface area contributed by atoms with E-state index in [1.54, 1.807) is 0 Å². The lowest BCUT2D eigenvalue weighted by atomic mass is 10.2. The van der Waals surface area contributed by atoms with Crippen LogP contribution in [0.4, 0.5) is 0 Å². The van der Waals surface area contributed by atoms with E-state index in [0.29, 0.717) is 36.5 Å². The van der Waals surface area contributed by atoms with Crippen molar-refractivity contribution in [2.75, 3.05) is 19.7 Å². The first-order chi connectivity index (χ1) is 11.7. The van der Waals surface area contributed by atoms with Crippen molar-refractivity contribution in [1.29, 1.82) is 0 Å². The minimum atomic E-state index is -0.0557. The molecule has 1 saturated carbocycles. The van der Waals surface area contributed by atoms with Crippen molar-refractivity contribution < 1.29 is 14.3 Å². The topological polar surface area (TPSA) is 65.7 Å². The maximum absolute atomic E-state index is 12.1. The second-order valence-electron chi connectivity index (χ2n) is 5.97. The number of nitrogens with one attached hydrogen (secondary N) is 1. The number of halogens is 1. The van der Waals surface area contributed by atoms with Gasteiger partial charge in [-0.05, 0) is 49.2 Å². The Morgan fingerprint density at radius 1 is 1.25 bits per heavy atom.